The van der Waals surface area contributed by atoms with Crippen molar-refractivity contribution < 1.29 is 9.53 Å². The van der Waals surface area contributed by atoms with Crippen molar-refractivity contribution in [2.24, 2.45) is 11.7 Å². The summed E-state index contributed by atoms with van der Waals surface area (Å²) in [5.41, 5.74) is 6.79. The Balaban J connectivity index is 2.09. The van der Waals surface area contributed by atoms with Gasteiger partial charge in [0, 0.05) is 5.56 Å². The van der Waals surface area contributed by atoms with Crippen LogP contribution in [-0.2, 0) is 4.79 Å². The fraction of sp³-hybridized carbons (Fsp3) is 0.400. The molecule has 1 amide bonds. The quantitative estimate of drug-likeness (QED) is 0.853. The summed E-state index contributed by atoms with van der Waals surface area (Å²) in [6.07, 6.45) is 0.847. The van der Waals surface area contributed by atoms with Crippen LogP contribution in [0.4, 0.5) is 5.13 Å². The Bertz CT molecular complexity index is 644. The number of benzene rings is 1. The summed E-state index contributed by atoms with van der Waals surface area (Å²) < 4.78 is 5.19. The van der Waals surface area contributed by atoms with E-state index in [1.54, 1.807) is 7.11 Å². The molecule has 0 fully saturated rings. The Morgan fingerprint density at radius 3 is 2.91 bits per heavy atom. The van der Waals surface area contributed by atoms with E-state index < -0.39 is 6.04 Å². The van der Waals surface area contributed by atoms with E-state index in [4.69, 9.17) is 10.5 Å². The highest BCUT2D eigenvalue weighted by Crippen LogP contribution is 2.28. The fourth-order valence-electron chi connectivity index (χ4n) is 1.85. The van der Waals surface area contributed by atoms with Crippen LogP contribution in [0.3, 0.4) is 0 Å². The molecule has 0 aliphatic rings. The molecule has 0 bridgehead atoms. The predicted molar refractivity (Wildman–Crippen MR) is 88.0 cm³/mol. The van der Waals surface area contributed by atoms with Crippen LogP contribution in [-0.4, -0.2) is 29.3 Å². The molecule has 0 aliphatic carbocycles. The number of nitrogens with two attached hydrogens (primary N) is 1. The monoisotopic (exact) mass is 320 g/mol. The molecule has 0 saturated carbocycles. The molecule has 0 unspecified atom stereocenters. The van der Waals surface area contributed by atoms with Crippen LogP contribution in [0.2, 0.25) is 0 Å². The topological polar surface area (TPSA) is 90.1 Å². The third kappa shape index (κ3) is 3.80. The van der Waals surface area contributed by atoms with Gasteiger partial charge < -0.3 is 10.5 Å². The number of ether oxygens (including phenoxy) is 1. The van der Waals surface area contributed by atoms with Crippen molar-refractivity contribution in [3.8, 4) is 16.3 Å². The second-order valence-corrected chi connectivity index (χ2v) is 6.02. The maximum atomic E-state index is 12.0. The Labute approximate surface area is 133 Å². The van der Waals surface area contributed by atoms with E-state index in [-0.39, 0.29) is 11.8 Å². The minimum absolute atomic E-state index is 0.116. The zero-order valence-electron chi connectivity index (χ0n) is 12.9. The Morgan fingerprint density at radius 2 is 2.23 bits per heavy atom. The third-order valence-corrected chi connectivity index (χ3v) is 4.42. The molecule has 0 saturated heterocycles. The van der Waals surface area contributed by atoms with Crippen molar-refractivity contribution in [1.29, 1.82) is 0 Å². The molecule has 0 aliphatic heterocycles. The van der Waals surface area contributed by atoms with Gasteiger partial charge in [0.2, 0.25) is 11.0 Å². The summed E-state index contributed by atoms with van der Waals surface area (Å²) in [5, 5.41) is 12.0. The average Bonchev–Trinajstić information content (AvgIpc) is 3.01. The first-order chi connectivity index (χ1) is 10.5. The smallest absolute Gasteiger partial charge is 0.243 e. The molecule has 2 atom stereocenters. The summed E-state index contributed by atoms with van der Waals surface area (Å²) in [7, 11) is 1.61. The molecule has 1 aromatic carbocycles. The van der Waals surface area contributed by atoms with Gasteiger partial charge in [-0.15, -0.1) is 10.2 Å². The van der Waals surface area contributed by atoms with Crippen LogP contribution in [0, 0.1) is 5.92 Å². The SMILES string of the molecule is CC[C@@H](C)[C@H](N)C(=O)Nc1nnc(-c2cccc(OC)c2)s1. The van der Waals surface area contributed by atoms with Gasteiger partial charge in [-0.1, -0.05) is 43.7 Å². The van der Waals surface area contributed by atoms with Gasteiger partial charge in [0.25, 0.3) is 0 Å². The summed E-state index contributed by atoms with van der Waals surface area (Å²) in [4.78, 5) is 12.0. The van der Waals surface area contributed by atoms with Gasteiger partial charge in [-0.2, -0.15) is 0 Å². The van der Waals surface area contributed by atoms with Crippen LogP contribution >= 0.6 is 11.3 Å². The van der Waals surface area contributed by atoms with Gasteiger partial charge in [-0.3, -0.25) is 10.1 Å². The highest BCUT2D eigenvalue weighted by Gasteiger charge is 2.20. The summed E-state index contributed by atoms with van der Waals surface area (Å²) in [5.74, 6) is 0.630. The van der Waals surface area contributed by atoms with Crippen LogP contribution < -0.4 is 15.8 Å². The van der Waals surface area contributed by atoms with Crippen molar-refractivity contribution in [3.63, 3.8) is 0 Å². The largest absolute Gasteiger partial charge is 0.497 e. The van der Waals surface area contributed by atoms with Gasteiger partial charge in [0.1, 0.15) is 10.8 Å². The number of hydrogen-bond acceptors (Lipinski definition) is 6. The van der Waals surface area contributed by atoms with Crippen LogP contribution in [0.25, 0.3) is 10.6 Å². The maximum Gasteiger partial charge on any atom is 0.243 e. The van der Waals surface area contributed by atoms with Crippen molar-refractivity contribution in [2.45, 2.75) is 26.3 Å². The molecule has 118 valence electrons. The number of rotatable bonds is 6. The highest BCUT2D eigenvalue weighted by atomic mass is 32.1. The predicted octanol–water partition coefficient (Wildman–Crippen LogP) is 2.53. The minimum atomic E-state index is -0.547. The van der Waals surface area contributed by atoms with E-state index in [2.05, 4.69) is 15.5 Å². The number of carbonyl (C=O) groups is 1. The minimum Gasteiger partial charge on any atom is -0.497 e. The van der Waals surface area contributed by atoms with E-state index in [1.807, 2.05) is 38.1 Å². The maximum absolute atomic E-state index is 12.0. The highest BCUT2D eigenvalue weighted by molar-refractivity contribution is 7.18. The number of nitrogens with one attached hydrogen (secondary N) is 1. The van der Waals surface area contributed by atoms with Crippen LogP contribution in [0.1, 0.15) is 20.3 Å². The molecular formula is C15H20N4O2S. The van der Waals surface area contributed by atoms with E-state index >= 15 is 0 Å². The Morgan fingerprint density at radius 1 is 1.45 bits per heavy atom. The fourth-order valence-corrected chi connectivity index (χ4v) is 2.59. The number of anilines is 1. The van der Waals surface area contributed by atoms with Crippen molar-refractivity contribution >= 4 is 22.4 Å². The second-order valence-electron chi connectivity index (χ2n) is 5.04. The molecule has 3 N–H and O–H groups in total. The van der Waals surface area contributed by atoms with Gasteiger partial charge in [0.05, 0.1) is 13.2 Å². The molecule has 6 nitrogen and oxygen atoms in total. The molecule has 0 radical (unpaired) electrons. The van der Waals surface area contributed by atoms with Crippen molar-refractivity contribution in [2.75, 3.05) is 12.4 Å². The lowest BCUT2D eigenvalue weighted by atomic mass is 10.00. The lowest BCUT2D eigenvalue weighted by Gasteiger charge is -2.16. The molecule has 0 spiro atoms. The van der Waals surface area contributed by atoms with E-state index in [9.17, 15) is 4.79 Å². The van der Waals surface area contributed by atoms with Gasteiger partial charge in [0.15, 0.2) is 0 Å². The summed E-state index contributed by atoms with van der Waals surface area (Å²) in [6, 6.07) is 6.98. The second kappa shape index (κ2) is 7.33. The molecule has 22 heavy (non-hydrogen) atoms. The van der Waals surface area contributed by atoms with Crippen LogP contribution in [0.5, 0.6) is 5.75 Å². The number of hydrogen-bond donors (Lipinski definition) is 2. The zero-order chi connectivity index (χ0) is 16.1. The summed E-state index contributed by atoms with van der Waals surface area (Å²) in [6.45, 7) is 3.95. The zero-order valence-corrected chi connectivity index (χ0v) is 13.7. The first-order valence-corrected chi connectivity index (χ1v) is 7.91. The molecular weight excluding hydrogens is 300 g/mol. The number of nitrogens with zero attached hydrogens (tertiary/aromatic N) is 2. The molecule has 1 aromatic heterocycles. The van der Waals surface area contributed by atoms with Gasteiger partial charge >= 0.3 is 0 Å². The Hall–Kier alpha value is -1.99. The first kappa shape index (κ1) is 16.4. The number of carbonyl (C=O) groups excluding carboxylic acids is 1. The first-order valence-electron chi connectivity index (χ1n) is 7.09. The van der Waals surface area contributed by atoms with E-state index in [0.29, 0.717) is 10.1 Å². The lowest BCUT2D eigenvalue weighted by Crippen LogP contribution is -2.40. The van der Waals surface area contributed by atoms with Gasteiger partial charge in [-0.05, 0) is 18.1 Å². The number of aromatic nitrogens is 2. The average molecular weight is 320 g/mol. The normalized spacial score (nSPS) is 13.5. The van der Waals surface area contributed by atoms with Crippen molar-refractivity contribution in [1.82, 2.24) is 10.2 Å². The lowest BCUT2D eigenvalue weighted by molar-refractivity contribution is -0.118. The molecule has 1 heterocycles. The summed E-state index contributed by atoms with van der Waals surface area (Å²) >= 11 is 1.30. The molecule has 2 rings (SSSR count). The standard InChI is InChI=1S/C15H20N4O2S/c1-4-9(2)12(16)13(20)17-15-19-18-14(22-15)10-6-5-7-11(8-10)21-3/h5-9,12H,4,16H2,1-3H3,(H,17,19,20)/t9-,12+/m1/s1. The van der Waals surface area contributed by atoms with Crippen LogP contribution in [0.15, 0.2) is 24.3 Å². The molecule has 2 aromatic rings. The van der Waals surface area contributed by atoms with Gasteiger partial charge in [-0.25, -0.2) is 0 Å². The Kier molecular flexibility index (Phi) is 5.46. The number of amides is 1. The van der Waals surface area contributed by atoms with E-state index in [0.717, 1.165) is 17.7 Å². The van der Waals surface area contributed by atoms with Crippen molar-refractivity contribution in [3.05, 3.63) is 24.3 Å². The number of methoxy groups -OCH3 is 1. The van der Waals surface area contributed by atoms with E-state index in [1.165, 1.54) is 11.3 Å². The molecule has 7 heteroatoms. The third-order valence-electron chi connectivity index (χ3n) is 3.53.